The van der Waals surface area contributed by atoms with Crippen LogP contribution in [0.1, 0.15) is 36.5 Å². The molecule has 5 nitrogen and oxygen atoms in total. The quantitative estimate of drug-likeness (QED) is 0.818. The zero-order chi connectivity index (χ0) is 16.6. The topological polar surface area (TPSA) is 58.1 Å². The Labute approximate surface area is 139 Å². The molecule has 1 saturated heterocycles. The Morgan fingerprint density at radius 1 is 1.30 bits per heavy atom. The molecule has 122 valence electrons. The van der Waals surface area contributed by atoms with Crippen molar-refractivity contribution in [3.63, 3.8) is 0 Å². The smallest absolute Gasteiger partial charge is 0.261 e. The molecule has 0 spiro atoms. The number of carbonyl (C=O) groups is 1. The lowest BCUT2D eigenvalue weighted by Crippen LogP contribution is -2.32. The van der Waals surface area contributed by atoms with Gasteiger partial charge >= 0.3 is 0 Å². The van der Waals surface area contributed by atoms with E-state index in [0.717, 1.165) is 25.9 Å². The van der Waals surface area contributed by atoms with E-state index < -0.39 is 0 Å². The van der Waals surface area contributed by atoms with Gasteiger partial charge in [0, 0.05) is 25.7 Å². The molecule has 1 amide bonds. The molecule has 0 aliphatic carbocycles. The lowest BCUT2D eigenvalue weighted by Gasteiger charge is -2.20. The maximum absolute atomic E-state index is 12.7. The first-order valence-electron chi connectivity index (χ1n) is 7.99. The number of aromatic amines is 1. The first-order valence-corrected chi connectivity index (χ1v) is 8.40. The van der Waals surface area contributed by atoms with Crippen LogP contribution in [-0.2, 0) is 7.05 Å². The summed E-state index contributed by atoms with van der Waals surface area (Å²) in [5, 5.41) is 0.544. The Balaban J connectivity index is 1.97. The summed E-state index contributed by atoms with van der Waals surface area (Å²) in [6, 6.07) is 5.18. The second kappa shape index (κ2) is 6.28. The fraction of sp³-hybridized carbons (Fsp3) is 0.471. The summed E-state index contributed by atoms with van der Waals surface area (Å²) in [5.74, 6) is 0.699. The molecular weight excluding hydrogens is 310 g/mol. The number of hydrogen-bond acceptors (Lipinski definition) is 3. The number of rotatable bonds is 1. The number of aromatic nitrogens is 2. The number of fused-ring (bicyclic) bond motifs is 1. The van der Waals surface area contributed by atoms with Gasteiger partial charge in [0.15, 0.2) is 4.77 Å². The maximum atomic E-state index is 12.7. The molecule has 2 aromatic rings. The van der Waals surface area contributed by atoms with Crippen LogP contribution in [0.3, 0.4) is 0 Å². The molecule has 1 aliphatic rings. The average molecular weight is 331 g/mol. The second-order valence-corrected chi connectivity index (χ2v) is 6.77. The molecule has 0 unspecified atom stereocenters. The third-order valence-electron chi connectivity index (χ3n) is 4.65. The van der Waals surface area contributed by atoms with Crippen LogP contribution in [0.25, 0.3) is 10.9 Å². The second-order valence-electron chi connectivity index (χ2n) is 6.38. The number of nitrogens with one attached hydrogen (secondary N) is 1. The summed E-state index contributed by atoms with van der Waals surface area (Å²) in [6.07, 6.45) is 3.26. The summed E-state index contributed by atoms with van der Waals surface area (Å²) in [7, 11) is 1.64. The van der Waals surface area contributed by atoms with E-state index in [1.807, 2.05) is 4.90 Å². The van der Waals surface area contributed by atoms with Crippen molar-refractivity contribution in [3.05, 3.63) is 38.9 Å². The monoisotopic (exact) mass is 331 g/mol. The Bertz CT molecular complexity index is 868. The van der Waals surface area contributed by atoms with Gasteiger partial charge in [0.1, 0.15) is 0 Å². The fourth-order valence-corrected chi connectivity index (χ4v) is 3.28. The molecule has 2 heterocycles. The third kappa shape index (κ3) is 3.08. The lowest BCUT2D eigenvalue weighted by molar-refractivity contribution is 0.0760. The standard InChI is InChI=1S/C17H21N3O2S/c1-11-4-3-8-20(9-7-11)15(21)12-5-6-13-14(10-12)18-17(23)19(2)16(13)22/h5-6,10-11H,3-4,7-9H2,1-2H3,(H,18,23)/t11-/m1/s1. The highest BCUT2D eigenvalue weighted by atomic mass is 32.1. The summed E-state index contributed by atoms with van der Waals surface area (Å²) in [4.78, 5) is 29.9. The van der Waals surface area contributed by atoms with E-state index in [1.165, 1.54) is 11.0 Å². The Kier molecular flexibility index (Phi) is 4.35. The number of nitrogens with zero attached hydrogens (tertiary/aromatic N) is 2. The van der Waals surface area contributed by atoms with Crippen molar-refractivity contribution >= 4 is 29.0 Å². The zero-order valence-electron chi connectivity index (χ0n) is 13.5. The summed E-state index contributed by atoms with van der Waals surface area (Å²) in [5.41, 5.74) is 1.07. The van der Waals surface area contributed by atoms with Crippen LogP contribution >= 0.6 is 12.2 Å². The predicted molar refractivity (Wildman–Crippen MR) is 93.3 cm³/mol. The van der Waals surface area contributed by atoms with Crippen LogP contribution < -0.4 is 5.56 Å². The van der Waals surface area contributed by atoms with Crippen molar-refractivity contribution < 1.29 is 4.79 Å². The van der Waals surface area contributed by atoms with Gasteiger partial charge in [0.25, 0.3) is 11.5 Å². The number of amides is 1. The number of benzene rings is 1. The zero-order valence-corrected chi connectivity index (χ0v) is 14.3. The van der Waals surface area contributed by atoms with Crippen LogP contribution in [0.4, 0.5) is 0 Å². The van der Waals surface area contributed by atoms with Crippen molar-refractivity contribution in [1.29, 1.82) is 0 Å². The fourth-order valence-electron chi connectivity index (χ4n) is 3.09. The van der Waals surface area contributed by atoms with Crippen molar-refractivity contribution in [2.45, 2.75) is 26.2 Å². The molecule has 0 radical (unpaired) electrons. The molecule has 6 heteroatoms. The summed E-state index contributed by atoms with van der Waals surface area (Å²) in [6.45, 7) is 3.83. The molecule has 1 fully saturated rings. The lowest BCUT2D eigenvalue weighted by atomic mass is 10.0. The van der Waals surface area contributed by atoms with Gasteiger partial charge in [-0.2, -0.15) is 0 Å². The number of likely N-dealkylation sites (tertiary alicyclic amines) is 1. The third-order valence-corrected chi connectivity index (χ3v) is 5.03. The van der Waals surface area contributed by atoms with E-state index >= 15 is 0 Å². The maximum Gasteiger partial charge on any atom is 0.261 e. The van der Waals surface area contributed by atoms with Crippen LogP contribution in [0.15, 0.2) is 23.0 Å². The molecule has 3 rings (SSSR count). The summed E-state index contributed by atoms with van der Waals surface area (Å²) < 4.78 is 1.76. The molecule has 1 aliphatic heterocycles. The van der Waals surface area contributed by atoms with Crippen LogP contribution in [0.5, 0.6) is 0 Å². The first kappa shape index (κ1) is 15.9. The number of hydrogen-bond donors (Lipinski definition) is 1. The molecule has 1 aromatic heterocycles. The normalized spacial score (nSPS) is 18.9. The molecule has 0 saturated carbocycles. The minimum atomic E-state index is -0.147. The van der Waals surface area contributed by atoms with E-state index in [-0.39, 0.29) is 11.5 Å². The van der Waals surface area contributed by atoms with E-state index in [0.29, 0.717) is 27.2 Å². The van der Waals surface area contributed by atoms with E-state index in [4.69, 9.17) is 12.2 Å². The van der Waals surface area contributed by atoms with Crippen LogP contribution in [0.2, 0.25) is 0 Å². The Hall–Kier alpha value is -1.95. The minimum absolute atomic E-state index is 0.0287. The highest BCUT2D eigenvalue weighted by Crippen LogP contribution is 2.19. The SMILES string of the molecule is C[C@@H]1CCCN(C(=O)c2ccc3c(=O)n(C)c(=S)[nH]c3c2)CC1. The van der Waals surface area contributed by atoms with Gasteiger partial charge in [-0.1, -0.05) is 6.92 Å². The van der Waals surface area contributed by atoms with Gasteiger partial charge in [-0.15, -0.1) is 0 Å². The van der Waals surface area contributed by atoms with Crippen molar-refractivity contribution in [2.24, 2.45) is 13.0 Å². The van der Waals surface area contributed by atoms with Gasteiger partial charge in [-0.3, -0.25) is 14.2 Å². The van der Waals surface area contributed by atoms with E-state index in [9.17, 15) is 9.59 Å². The van der Waals surface area contributed by atoms with Crippen molar-refractivity contribution in [2.75, 3.05) is 13.1 Å². The molecule has 1 aromatic carbocycles. The van der Waals surface area contributed by atoms with Crippen molar-refractivity contribution in [1.82, 2.24) is 14.5 Å². The first-order chi connectivity index (χ1) is 11.0. The Morgan fingerprint density at radius 2 is 2.09 bits per heavy atom. The van der Waals surface area contributed by atoms with Crippen LogP contribution in [-0.4, -0.2) is 33.4 Å². The highest BCUT2D eigenvalue weighted by Gasteiger charge is 2.20. The van der Waals surface area contributed by atoms with Gasteiger partial charge in [-0.25, -0.2) is 0 Å². The highest BCUT2D eigenvalue weighted by molar-refractivity contribution is 7.71. The number of H-pyrrole nitrogens is 1. The van der Waals surface area contributed by atoms with Gasteiger partial charge in [0.2, 0.25) is 0 Å². The predicted octanol–water partition coefficient (Wildman–Crippen LogP) is 2.86. The van der Waals surface area contributed by atoms with E-state index in [1.54, 1.807) is 25.2 Å². The van der Waals surface area contributed by atoms with Gasteiger partial charge in [-0.05, 0) is 55.6 Å². The minimum Gasteiger partial charge on any atom is -0.339 e. The number of carbonyl (C=O) groups excluding carboxylic acids is 1. The Morgan fingerprint density at radius 3 is 2.87 bits per heavy atom. The van der Waals surface area contributed by atoms with Crippen LogP contribution in [0, 0.1) is 10.7 Å². The average Bonchev–Trinajstić information content (AvgIpc) is 2.76. The molecule has 1 N–H and O–H groups in total. The van der Waals surface area contributed by atoms with Gasteiger partial charge < -0.3 is 9.88 Å². The summed E-state index contributed by atoms with van der Waals surface area (Å²) >= 11 is 5.15. The molecule has 1 atom stereocenters. The largest absolute Gasteiger partial charge is 0.339 e. The van der Waals surface area contributed by atoms with Crippen molar-refractivity contribution in [3.8, 4) is 0 Å². The van der Waals surface area contributed by atoms with E-state index in [2.05, 4.69) is 11.9 Å². The molecule has 0 bridgehead atoms. The molecule has 23 heavy (non-hydrogen) atoms. The van der Waals surface area contributed by atoms with Gasteiger partial charge in [0.05, 0.1) is 10.9 Å². The molecular formula is C17H21N3O2S.